The molecule has 28 heavy (non-hydrogen) atoms. The van der Waals surface area contributed by atoms with E-state index in [1.54, 1.807) is 0 Å². The van der Waals surface area contributed by atoms with E-state index in [9.17, 15) is 0 Å². The average molecular weight is 394 g/mol. The van der Waals surface area contributed by atoms with E-state index in [-0.39, 0.29) is 17.4 Å². The molecule has 0 atom stereocenters. The van der Waals surface area contributed by atoms with Crippen LogP contribution < -0.4 is 15.0 Å². The molecule has 3 aromatic rings. The van der Waals surface area contributed by atoms with Gasteiger partial charge in [-0.2, -0.15) is 35.7 Å². The summed E-state index contributed by atoms with van der Waals surface area (Å²) >= 11 is 0. The zero-order valence-electron chi connectivity index (χ0n) is 18.6. The second kappa shape index (κ2) is 15.3. The van der Waals surface area contributed by atoms with Crippen molar-refractivity contribution in [3.05, 3.63) is 70.6 Å². The molecule has 0 aliphatic heterocycles. The first kappa shape index (κ1) is 26.4. The Morgan fingerprint density at radius 2 is 0.714 bits per heavy atom. The summed E-state index contributed by atoms with van der Waals surface area (Å²) in [5.41, 5.74) is 7.99. The minimum atomic E-state index is 0. The first-order valence-corrected chi connectivity index (χ1v) is 10.4. The summed E-state index contributed by atoms with van der Waals surface area (Å²) in [6, 6.07) is 6.29. The Labute approximate surface area is 182 Å². The van der Waals surface area contributed by atoms with Crippen molar-refractivity contribution < 1.29 is 0 Å². The van der Waals surface area contributed by atoms with Gasteiger partial charge in [0.1, 0.15) is 0 Å². The van der Waals surface area contributed by atoms with Crippen LogP contribution in [0.3, 0.4) is 0 Å². The zero-order chi connectivity index (χ0) is 20.1. The summed E-state index contributed by atoms with van der Waals surface area (Å²) in [4.78, 5) is 12.6. The predicted octanol–water partition coefficient (Wildman–Crippen LogP) is 4.93. The third-order valence-corrected chi connectivity index (χ3v) is 4.78. The molecule has 0 saturated heterocycles. The predicted molar refractivity (Wildman–Crippen MR) is 121 cm³/mol. The Balaban J connectivity index is 0.000000384. The molecular weight excluding hydrogens is 357 g/mol. The number of aryl methyl sites for hydroxylation is 6. The number of hydrogen-bond acceptors (Lipinski definition) is 0. The second-order valence-electron chi connectivity index (χ2n) is 6.37. The topological polar surface area (TPSA) is 42.3 Å². The van der Waals surface area contributed by atoms with Gasteiger partial charge in [-0.15, -0.1) is 0 Å². The molecule has 0 aliphatic carbocycles. The van der Waals surface area contributed by atoms with E-state index in [2.05, 4.69) is 74.7 Å². The number of rotatable bonds is 6. The molecule has 0 saturated carbocycles. The van der Waals surface area contributed by atoms with Gasteiger partial charge in [-0.3, -0.25) is 0 Å². The summed E-state index contributed by atoms with van der Waals surface area (Å²) < 4.78 is 0. The summed E-state index contributed by atoms with van der Waals surface area (Å²) in [5, 5.41) is 0. The largest absolute Gasteiger partial charge is 3.00 e. The molecule has 0 fully saturated rings. The first-order valence-electron chi connectivity index (χ1n) is 10.4. The maximum absolute atomic E-state index is 4.21. The van der Waals surface area contributed by atoms with E-state index in [1.165, 1.54) is 33.8 Å². The SMILES string of the molecule is CCc1cc[n-]c1CC.CCc1cc[n-]c1CC.CCc1cc[n-]c1CC.[Al+3]. The minimum absolute atomic E-state index is 0. The number of nitrogens with zero attached hydrogens (tertiary/aromatic N) is 3. The fourth-order valence-electron chi connectivity index (χ4n) is 3.11. The van der Waals surface area contributed by atoms with Crippen molar-refractivity contribution >= 4 is 17.4 Å². The van der Waals surface area contributed by atoms with Crippen LogP contribution in [-0.4, -0.2) is 17.4 Å². The van der Waals surface area contributed by atoms with Crippen molar-refractivity contribution in [2.75, 3.05) is 0 Å². The van der Waals surface area contributed by atoms with E-state index in [1.807, 2.05) is 18.6 Å². The molecule has 0 aromatic carbocycles. The first-order chi connectivity index (χ1) is 13.1. The van der Waals surface area contributed by atoms with Gasteiger partial charge in [0.2, 0.25) is 0 Å². The van der Waals surface area contributed by atoms with Gasteiger partial charge in [0, 0.05) is 0 Å². The van der Waals surface area contributed by atoms with Crippen molar-refractivity contribution in [1.29, 1.82) is 0 Å². The van der Waals surface area contributed by atoms with E-state index in [4.69, 9.17) is 0 Å². The molecule has 0 aliphatic rings. The van der Waals surface area contributed by atoms with Gasteiger partial charge in [-0.05, 0) is 19.3 Å². The van der Waals surface area contributed by atoms with Crippen LogP contribution in [0.25, 0.3) is 0 Å². The normalized spacial score (nSPS) is 9.64. The fourth-order valence-corrected chi connectivity index (χ4v) is 3.11. The van der Waals surface area contributed by atoms with Crippen molar-refractivity contribution in [3.63, 3.8) is 0 Å². The number of aromatic nitrogens is 3. The van der Waals surface area contributed by atoms with Crippen LogP contribution in [0, 0.1) is 0 Å². The molecule has 150 valence electrons. The van der Waals surface area contributed by atoms with Crippen LogP contribution in [0.15, 0.2) is 36.8 Å². The van der Waals surface area contributed by atoms with Gasteiger partial charge >= 0.3 is 17.4 Å². The maximum atomic E-state index is 4.21. The Morgan fingerprint density at radius 3 is 0.857 bits per heavy atom. The third kappa shape index (κ3) is 8.17. The van der Waals surface area contributed by atoms with Crippen molar-refractivity contribution in [2.24, 2.45) is 0 Å². The molecule has 3 aromatic heterocycles. The molecular formula is C24H36AlN3. The Kier molecular flexibility index (Phi) is 14.4. The number of hydrogen-bond donors (Lipinski definition) is 0. The van der Waals surface area contributed by atoms with Crippen LogP contribution in [0.5, 0.6) is 0 Å². The van der Waals surface area contributed by atoms with Crippen LogP contribution >= 0.6 is 0 Å². The third-order valence-electron chi connectivity index (χ3n) is 4.78. The molecule has 0 bridgehead atoms. The van der Waals surface area contributed by atoms with Crippen molar-refractivity contribution in [2.45, 2.75) is 80.1 Å². The molecule has 0 amide bonds. The smallest absolute Gasteiger partial charge is 0.667 e. The van der Waals surface area contributed by atoms with E-state index in [0.29, 0.717) is 0 Å². The molecule has 3 rings (SSSR count). The fraction of sp³-hybridized carbons (Fsp3) is 0.500. The maximum Gasteiger partial charge on any atom is 3.00 e. The molecule has 0 radical (unpaired) electrons. The zero-order valence-corrected chi connectivity index (χ0v) is 19.8. The molecule has 3 nitrogen and oxygen atoms in total. The van der Waals surface area contributed by atoms with Gasteiger partial charge in [0.15, 0.2) is 0 Å². The molecule has 4 heteroatoms. The van der Waals surface area contributed by atoms with Gasteiger partial charge in [0.05, 0.1) is 0 Å². The van der Waals surface area contributed by atoms with E-state index in [0.717, 1.165) is 38.5 Å². The summed E-state index contributed by atoms with van der Waals surface area (Å²) in [7, 11) is 0. The van der Waals surface area contributed by atoms with Crippen LogP contribution in [0.2, 0.25) is 0 Å². The molecule has 0 spiro atoms. The Hall–Kier alpha value is -1.63. The van der Waals surface area contributed by atoms with E-state index >= 15 is 0 Å². The monoisotopic (exact) mass is 393 g/mol. The van der Waals surface area contributed by atoms with Gasteiger partial charge in [-0.25, -0.2) is 0 Å². The quantitative estimate of drug-likeness (QED) is 0.558. The summed E-state index contributed by atoms with van der Waals surface area (Å²) in [6.45, 7) is 12.9. The Morgan fingerprint density at radius 1 is 0.464 bits per heavy atom. The molecule has 3 heterocycles. The van der Waals surface area contributed by atoms with Crippen LogP contribution in [0.4, 0.5) is 0 Å². The van der Waals surface area contributed by atoms with Gasteiger partial charge in [-0.1, -0.05) is 95.7 Å². The average Bonchev–Trinajstić information content (AvgIpc) is 3.47. The molecule has 0 unspecified atom stereocenters. The molecule has 0 N–H and O–H groups in total. The van der Waals surface area contributed by atoms with Gasteiger partial charge < -0.3 is 15.0 Å². The van der Waals surface area contributed by atoms with Crippen molar-refractivity contribution in [1.82, 2.24) is 15.0 Å². The van der Waals surface area contributed by atoms with Crippen LogP contribution in [0.1, 0.15) is 75.3 Å². The summed E-state index contributed by atoms with van der Waals surface area (Å²) in [5.74, 6) is 0. The summed E-state index contributed by atoms with van der Waals surface area (Å²) in [6.07, 6.45) is 12.2. The van der Waals surface area contributed by atoms with Gasteiger partial charge in [0.25, 0.3) is 0 Å². The Bertz CT molecular complexity index is 581. The standard InChI is InChI=1S/3C8H12N.Al/c3*1-3-7-5-6-9-8(7)4-2;/h3*5-6H,3-4H2,1-2H3;/q3*-1;+3. The van der Waals surface area contributed by atoms with E-state index < -0.39 is 0 Å². The van der Waals surface area contributed by atoms with Crippen molar-refractivity contribution in [3.8, 4) is 0 Å². The van der Waals surface area contributed by atoms with Crippen LogP contribution in [-0.2, 0) is 38.5 Å². The minimum Gasteiger partial charge on any atom is -0.667 e. The second-order valence-corrected chi connectivity index (χ2v) is 6.37.